The van der Waals surface area contributed by atoms with Gasteiger partial charge in [0.15, 0.2) is 5.82 Å². The van der Waals surface area contributed by atoms with Crippen LogP contribution in [0.4, 0.5) is 0 Å². The van der Waals surface area contributed by atoms with E-state index in [0.29, 0.717) is 12.2 Å². The van der Waals surface area contributed by atoms with Crippen LogP contribution in [0.15, 0.2) is 0 Å². The highest BCUT2D eigenvalue weighted by atomic mass is 15.6. The Labute approximate surface area is 51.9 Å². The lowest BCUT2D eigenvalue weighted by atomic mass is 10.5. The van der Waals surface area contributed by atoms with Crippen molar-refractivity contribution in [1.29, 1.82) is 5.26 Å². The molecule has 1 heterocycles. The summed E-state index contributed by atoms with van der Waals surface area (Å²) in [4.78, 5) is 0.888. The van der Waals surface area contributed by atoms with Gasteiger partial charge in [-0.05, 0) is 5.21 Å². The summed E-state index contributed by atoms with van der Waals surface area (Å²) in [6.45, 7) is 1.90. The number of aryl methyl sites for hydroxylation is 1. The molecule has 0 radical (unpaired) electrons. The van der Waals surface area contributed by atoms with Crippen molar-refractivity contribution in [2.45, 2.75) is 13.3 Å². The molecule has 0 aromatic carbocycles. The van der Waals surface area contributed by atoms with Gasteiger partial charge in [-0.2, -0.15) is 5.26 Å². The lowest BCUT2D eigenvalue weighted by Gasteiger charge is -1.75. The summed E-state index contributed by atoms with van der Waals surface area (Å²) in [6, 6.07) is 0. The zero-order chi connectivity index (χ0) is 6.69. The maximum absolute atomic E-state index is 8.19. The fraction of sp³-hybridized carbons (Fsp3) is 0.500. The average molecular weight is 123 g/mol. The van der Waals surface area contributed by atoms with E-state index in [-0.39, 0.29) is 0 Å². The molecule has 0 atom stereocenters. The summed E-state index contributed by atoms with van der Waals surface area (Å²) in [6.07, 6.45) is 2.42. The third-order valence-corrected chi connectivity index (χ3v) is 0.861. The molecule has 0 amide bonds. The molecular weight excluding hydrogens is 118 g/mol. The summed E-state index contributed by atoms with van der Waals surface area (Å²) in [5.41, 5.74) is 0. The van der Waals surface area contributed by atoms with Crippen molar-refractivity contribution in [3.63, 3.8) is 0 Å². The number of hydrogen-bond donors (Lipinski definition) is 0. The maximum atomic E-state index is 8.19. The average Bonchev–Trinajstić information content (AvgIpc) is 2.34. The lowest BCUT2D eigenvalue weighted by Crippen LogP contribution is -1.92. The Bertz CT molecular complexity index is 231. The first-order valence-electron chi connectivity index (χ1n) is 2.56. The SMILES string of the molecule is CCc1nnn(C#N)n1. The number of hydrogen-bond acceptors (Lipinski definition) is 4. The Morgan fingerprint density at radius 2 is 2.56 bits per heavy atom. The van der Waals surface area contributed by atoms with Gasteiger partial charge in [-0.15, -0.1) is 10.2 Å². The molecule has 0 spiro atoms. The van der Waals surface area contributed by atoms with Crippen LogP contribution in [0.25, 0.3) is 0 Å². The van der Waals surface area contributed by atoms with Crippen molar-refractivity contribution in [1.82, 2.24) is 20.2 Å². The first-order valence-corrected chi connectivity index (χ1v) is 2.56. The molecule has 0 fully saturated rings. The third kappa shape index (κ3) is 1.02. The van der Waals surface area contributed by atoms with Gasteiger partial charge in [0, 0.05) is 6.42 Å². The number of aromatic nitrogens is 4. The topological polar surface area (TPSA) is 67.4 Å². The molecule has 1 rings (SSSR count). The molecule has 0 bridgehead atoms. The molecule has 5 heteroatoms. The number of nitrogens with zero attached hydrogens (tertiary/aromatic N) is 5. The molecule has 0 aliphatic carbocycles. The zero-order valence-electron chi connectivity index (χ0n) is 4.94. The maximum Gasteiger partial charge on any atom is 0.226 e. The van der Waals surface area contributed by atoms with E-state index in [9.17, 15) is 0 Å². The minimum atomic E-state index is 0.594. The van der Waals surface area contributed by atoms with Gasteiger partial charge < -0.3 is 0 Å². The molecule has 0 aliphatic heterocycles. The Kier molecular flexibility index (Phi) is 1.40. The van der Waals surface area contributed by atoms with Crippen LogP contribution < -0.4 is 0 Å². The quantitative estimate of drug-likeness (QED) is 0.508. The van der Waals surface area contributed by atoms with Gasteiger partial charge in [0.1, 0.15) is 0 Å². The van der Waals surface area contributed by atoms with Crippen LogP contribution in [0.1, 0.15) is 12.7 Å². The van der Waals surface area contributed by atoms with Gasteiger partial charge in [-0.3, -0.25) is 0 Å². The molecule has 0 saturated heterocycles. The number of tetrazole rings is 1. The summed E-state index contributed by atoms with van der Waals surface area (Å²) in [5, 5.41) is 18.9. The molecule has 0 N–H and O–H groups in total. The highest BCUT2D eigenvalue weighted by molar-refractivity contribution is 4.77. The first kappa shape index (κ1) is 5.69. The van der Waals surface area contributed by atoms with Gasteiger partial charge in [0.2, 0.25) is 6.19 Å². The van der Waals surface area contributed by atoms with Crippen LogP contribution >= 0.6 is 0 Å². The molecule has 9 heavy (non-hydrogen) atoms. The van der Waals surface area contributed by atoms with Crippen LogP contribution in [0.3, 0.4) is 0 Å². The van der Waals surface area contributed by atoms with Crippen LogP contribution in [0, 0.1) is 11.5 Å². The Hall–Kier alpha value is -1.44. The summed E-state index contributed by atoms with van der Waals surface area (Å²) < 4.78 is 0. The molecule has 0 aliphatic rings. The van der Waals surface area contributed by atoms with E-state index in [2.05, 4.69) is 15.4 Å². The van der Waals surface area contributed by atoms with E-state index in [4.69, 9.17) is 5.26 Å². The van der Waals surface area contributed by atoms with Crippen molar-refractivity contribution in [3.8, 4) is 6.19 Å². The third-order valence-electron chi connectivity index (χ3n) is 0.861. The van der Waals surface area contributed by atoms with Gasteiger partial charge in [0.25, 0.3) is 0 Å². The fourth-order valence-corrected chi connectivity index (χ4v) is 0.427. The second-order valence-corrected chi connectivity index (χ2v) is 1.45. The van der Waals surface area contributed by atoms with Crippen molar-refractivity contribution in [2.75, 3.05) is 0 Å². The summed E-state index contributed by atoms with van der Waals surface area (Å²) in [7, 11) is 0. The van der Waals surface area contributed by atoms with Gasteiger partial charge >= 0.3 is 0 Å². The Morgan fingerprint density at radius 3 is 2.89 bits per heavy atom. The number of nitriles is 1. The minimum absolute atomic E-state index is 0.594. The van der Waals surface area contributed by atoms with Crippen molar-refractivity contribution >= 4 is 0 Å². The predicted molar refractivity (Wildman–Crippen MR) is 28.2 cm³/mol. The van der Waals surface area contributed by atoms with Crippen molar-refractivity contribution < 1.29 is 0 Å². The predicted octanol–water partition coefficient (Wildman–Crippen LogP) is -0.435. The van der Waals surface area contributed by atoms with Crippen molar-refractivity contribution in [3.05, 3.63) is 5.82 Å². The van der Waals surface area contributed by atoms with Crippen LogP contribution in [-0.4, -0.2) is 20.2 Å². The smallest absolute Gasteiger partial charge is 0.169 e. The Morgan fingerprint density at radius 1 is 1.78 bits per heavy atom. The second-order valence-electron chi connectivity index (χ2n) is 1.45. The van der Waals surface area contributed by atoms with Gasteiger partial charge in [-0.1, -0.05) is 11.7 Å². The van der Waals surface area contributed by atoms with E-state index in [1.807, 2.05) is 6.92 Å². The lowest BCUT2D eigenvalue weighted by molar-refractivity contribution is 0.731. The highest BCUT2D eigenvalue weighted by Crippen LogP contribution is 1.83. The summed E-state index contributed by atoms with van der Waals surface area (Å²) >= 11 is 0. The van der Waals surface area contributed by atoms with Crippen LogP contribution in [0.2, 0.25) is 0 Å². The standard InChI is InChI=1S/C4H5N5/c1-2-4-6-8-9(3-5)7-4/h2H2,1H3. The van der Waals surface area contributed by atoms with E-state index in [1.165, 1.54) is 0 Å². The summed E-state index contributed by atoms with van der Waals surface area (Å²) in [5.74, 6) is 0.594. The highest BCUT2D eigenvalue weighted by Gasteiger charge is 1.95. The van der Waals surface area contributed by atoms with E-state index >= 15 is 0 Å². The molecular formula is C4H5N5. The van der Waals surface area contributed by atoms with E-state index in [0.717, 1.165) is 4.80 Å². The van der Waals surface area contributed by atoms with E-state index in [1.54, 1.807) is 6.19 Å². The normalized spacial score (nSPS) is 8.89. The van der Waals surface area contributed by atoms with E-state index < -0.39 is 0 Å². The van der Waals surface area contributed by atoms with Gasteiger partial charge in [0.05, 0.1) is 0 Å². The molecule has 5 nitrogen and oxygen atoms in total. The molecule has 1 aromatic rings. The van der Waals surface area contributed by atoms with Gasteiger partial charge in [-0.25, -0.2) is 0 Å². The van der Waals surface area contributed by atoms with Crippen molar-refractivity contribution in [2.24, 2.45) is 0 Å². The second kappa shape index (κ2) is 2.22. The molecule has 1 aromatic heterocycles. The first-order chi connectivity index (χ1) is 4.36. The molecule has 0 saturated carbocycles. The van der Waals surface area contributed by atoms with Crippen LogP contribution in [-0.2, 0) is 6.42 Å². The molecule has 0 unspecified atom stereocenters. The largest absolute Gasteiger partial charge is 0.226 e. The molecule has 46 valence electrons. The zero-order valence-corrected chi connectivity index (χ0v) is 4.94. The minimum Gasteiger partial charge on any atom is -0.169 e. The fourth-order valence-electron chi connectivity index (χ4n) is 0.427. The van der Waals surface area contributed by atoms with Crippen LogP contribution in [0.5, 0.6) is 0 Å². The Balaban J connectivity index is 2.90. The monoisotopic (exact) mass is 123 g/mol. The number of rotatable bonds is 1.